The molecule has 0 spiro atoms. The van der Waals surface area contributed by atoms with Crippen molar-refractivity contribution in [2.75, 3.05) is 24.6 Å². The van der Waals surface area contributed by atoms with Gasteiger partial charge >= 0.3 is 0 Å². The second-order valence-corrected chi connectivity index (χ2v) is 7.63. The van der Waals surface area contributed by atoms with Gasteiger partial charge in [0, 0.05) is 42.0 Å². The van der Waals surface area contributed by atoms with Gasteiger partial charge in [0.2, 0.25) is 0 Å². The van der Waals surface area contributed by atoms with E-state index >= 15 is 0 Å². The Labute approximate surface area is 166 Å². The fourth-order valence-corrected chi connectivity index (χ4v) is 4.02. The number of hydrogen-bond acceptors (Lipinski definition) is 5. The Morgan fingerprint density at radius 3 is 2.50 bits per heavy atom. The molecular weight excluding hydrogens is 352 g/mol. The molecule has 0 aliphatic carbocycles. The van der Waals surface area contributed by atoms with E-state index in [1.54, 1.807) is 6.08 Å². The van der Waals surface area contributed by atoms with E-state index < -0.39 is 6.10 Å². The molecule has 2 aromatic rings. The van der Waals surface area contributed by atoms with Gasteiger partial charge in [-0.25, -0.2) is 0 Å². The van der Waals surface area contributed by atoms with E-state index in [9.17, 15) is 5.11 Å². The third-order valence-electron chi connectivity index (χ3n) is 5.21. The van der Waals surface area contributed by atoms with Gasteiger partial charge in [0.25, 0.3) is 0 Å². The average Bonchev–Trinajstić information content (AvgIpc) is 2.68. The summed E-state index contributed by atoms with van der Waals surface area (Å²) in [5, 5.41) is 14.3. The molecule has 5 heteroatoms. The molecule has 0 amide bonds. The molecule has 1 saturated heterocycles. The van der Waals surface area contributed by atoms with Crippen LogP contribution in [0.4, 0.5) is 5.69 Å². The van der Waals surface area contributed by atoms with Gasteiger partial charge in [0.05, 0.1) is 6.61 Å². The van der Waals surface area contributed by atoms with Crippen LogP contribution in [0, 0.1) is 0 Å². The minimum atomic E-state index is -0.692. The quantitative estimate of drug-likeness (QED) is 0.846. The van der Waals surface area contributed by atoms with Gasteiger partial charge in [-0.1, -0.05) is 0 Å². The smallest absolute Gasteiger partial charge is 0.133 e. The van der Waals surface area contributed by atoms with Crippen LogP contribution in [-0.2, 0) is 0 Å². The van der Waals surface area contributed by atoms with E-state index in [0.717, 1.165) is 35.7 Å². The van der Waals surface area contributed by atoms with Crippen molar-refractivity contribution >= 4 is 11.4 Å². The second kappa shape index (κ2) is 7.86. The molecule has 1 fully saturated rings. The Morgan fingerprint density at radius 1 is 1.11 bits per heavy atom. The normalized spacial score (nSPS) is 24.2. The molecule has 2 aliphatic rings. The number of nitrogens with one attached hydrogen (secondary N) is 1. The van der Waals surface area contributed by atoms with E-state index in [2.05, 4.69) is 36.2 Å². The van der Waals surface area contributed by atoms with Gasteiger partial charge < -0.3 is 24.8 Å². The van der Waals surface area contributed by atoms with Crippen molar-refractivity contribution < 1.29 is 14.6 Å². The number of fused-ring (bicyclic) bond motifs is 1. The van der Waals surface area contributed by atoms with E-state index in [-0.39, 0.29) is 0 Å². The predicted octanol–water partition coefficient (Wildman–Crippen LogP) is 3.74. The SMILES string of the molecule is CCOc1ccc(C2=CC(O)c3cc(N4CC(C)NC(C)C4)ccc3O2)cc1. The van der Waals surface area contributed by atoms with Gasteiger partial charge in [-0.15, -0.1) is 0 Å². The van der Waals surface area contributed by atoms with Crippen LogP contribution in [0.2, 0.25) is 0 Å². The van der Waals surface area contributed by atoms with Gasteiger partial charge in [-0.05, 0) is 69.3 Å². The van der Waals surface area contributed by atoms with E-state index in [1.807, 2.05) is 37.3 Å². The first-order chi connectivity index (χ1) is 13.5. The molecule has 0 radical (unpaired) electrons. The van der Waals surface area contributed by atoms with Crippen molar-refractivity contribution in [3.05, 3.63) is 59.7 Å². The zero-order chi connectivity index (χ0) is 19.7. The van der Waals surface area contributed by atoms with Crippen LogP contribution in [0.3, 0.4) is 0 Å². The molecule has 3 atom stereocenters. The summed E-state index contributed by atoms with van der Waals surface area (Å²) in [6.07, 6.45) is 1.08. The molecular formula is C23H28N2O3. The summed E-state index contributed by atoms with van der Waals surface area (Å²) >= 11 is 0. The Morgan fingerprint density at radius 2 is 1.82 bits per heavy atom. The maximum absolute atomic E-state index is 10.7. The molecule has 0 saturated carbocycles. The first-order valence-corrected chi connectivity index (χ1v) is 9.99. The molecule has 5 nitrogen and oxygen atoms in total. The fourth-order valence-electron chi connectivity index (χ4n) is 4.02. The zero-order valence-electron chi connectivity index (χ0n) is 16.7. The summed E-state index contributed by atoms with van der Waals surface area (Å²) in [6, 6.07) is 14.7. The minimum absolute atomic E-state index is 0.437. The monoisotopic (exact) mass is 380 g/mol. The minimum Gasteiger partial charge on any atom is -0.494 e. The third kappa shape index (κ3) is 3.86. The number of ether oxygens (including phenoxy) is 2. The van der Waals surface area contributed by atoms with Gasteiger partial charge in [-0.2, -0.15) is 0 Å². The highest BCUT2D eigenvalue weighted by atomic mass is 16.5. The van der Waals surface area contributed by atoms with Crippen LogP contribution in [0.15, 0.2) is 48.5 Å². The molecule has 0 aromatic heterocycles. The van der Waals surface area contributed by atoms with Gasteiger partial charge in [0.15, 0.2) is 0 Å². The van der Waals surface area contributed by atoms with Crippen LogP contribution < -0.4 is 19.7 Å². The van der Waals surface area contributed by atoms with Crippen LogP contribution in [-0.4, -0.2) is 36.9 Å². The summed E-state index contributed by atoms with van der Waals surface area (Å²) in [4.78, 5) is 2.37. The Hall–Kier alpha value is -2.50. The topological polar surface area (TPSA) is 54.0 Å². The maximum Gasteiger partial charge on any atom is 0.133 e. The second-order valence-electron chi connectivity index (χ2n) is 7.63. The van der Waals surface area contributed by atoms with E-state index in [0.29, 0.717) is 30.2 Å². The van der Waals surface area contributed by atoms with Crippen molar-refractivity contribution in [1.29, 1.82) is 0 Å². The number of aliphatic hydroxyl groups is 1. The molecule has 2 aromatic carbocycles. The summed E-state index contributed by atoms with van der Waals surface area (Å²) < 4.78 is 11.6. The number of hydrogen-bond donors (Lipinski definition) is 2. The maximum atomic E-state index is 10.7. The number of rotatable bonds is 4. The van der Waals surface area contributed by atoms with Gasteiger partial charge in [-0.3, -0.25) is 0 Å². The summed E-state index contributed by atoms with van der Waals surface area (Å²) in [5.41, 5.74) is 2.85. The lowest BCUT2D eigenvalue weighted by Gasteiger charge is -2.38. The van der Waals surface area contributed by atoms with Crippen LogP contribution >= 0.6 is 0 Å². The van der Waals surface area contributed by atoms with Crippen LogP contribution in [0.25, 0.3) is 5.76 Å². The fraction of sp³-hybridized carbons (Fsp3) is 0.391. The van der Waals surface area contributed by atoms with E-state index in [4.69, 9.17) is 9.47 Å². The zero-order valence-corrected chi connectivity index (χ0v) is 16.7. The Balaban J connectivity index is 1.56. The number of aliphatic hydroxyl groups excluding tert-OH is 1. The molecule has 28 heavy (non-hydrogen) atoms. The molecule has 2 N–H and O–H groups in total. The highest BCUT2D eigenvalue weighted by Gasteiger charge is 2.25. The first-order valence-electron chi connectivity index (χ1n) is 9.99. The number of nitrogens with zero attached hydrogens (tertiary/aromatic N) is 1. The predicted molar refractivity (Wildman–Crippen MR) is 112 cm³/mol. The van der Waals surface area contributed by atoms with Gasteiger partial charge in [0.1, 0.15) is 23.4 Å². The summed E-state index contributed by atoms with van der Waals surface area (Å²) in [6.45, 7) is 8.90. The standard InChI is InChI=1S/C23H28N2O3/c1-4-27-19-8-5-17(6-9-19)23-12-21(26)20-11-18(7-10-22(20)28-23)25-13-15(2)24-16(3)14-25/h5-12,15-16,21,24,26H,4,13-14H2,1-3H3. The first kappa shape index (κ1) is 18.8. The molecule has 2 heterocycles. The van der Waals surface area contributed by atoms with Crippen molar-refractivity contribution in [2.45, 2.75) is 39.0 Å². The van der Waals surface area contributed by atoms with Crippen molar-refractivity contribution in [3.8, 4) is 11.5 Å². The lowest BCUT2D eigenvalue weighted by molar-refractivity contribution is 0.217. The largest absolute Gasteiger partial charge is 0.494 e. The van der Waals surface area contributed by atoms with Crippen molar-refractivity contribution in [2.24, 2.45) is 0 Å². The van der Waals surface area contributed by atoms with Crippen molar-refractivity contribution in [3.63, 3.8) is 0 Å². The number of anilines is 1. The lowest BCUT2D eigenvalue weighted by atomic mass is 10.0. The molecule has 0 bridgehead atoms. The molecule has 148 valence electrons. The summed E-state index contributed by atoms with van der Waals surface area (Å²) in [7, 11) is 0. The number of benzene rings is 2. The van der Waals surface area contributed by atoms with E-state index in [1.165, 1.54) is 0 Å². The van der Waals surface area contributed by atoms with Crippen LogP contribution in [0.1, 0.15) is 38.0 Å². The highest BCUT2D eigenvalue weighted by molar-refractivity contribution is 5.68. The summed E-state index contributed by atoms with van der Waals surface area (Å²) in [5.74, 6) is 2.20. The van der Waals surface area contributed by atoms with Crippen LogP contribution in [0.5, 0.6) is 11.5 Å². The van der Waals surface area contributed by atoms with Crippen molar-refractivity contribution in [1.82, 2.24) is 5.32 Å². The molecule has 3 unspecified atom stereocenters. The third-order valence-corrected chi connectivity index (χ3v) is 5.21. The Kier molecular flexibility index (Phi) is 5.29. The molecule has 4 rings (SSSR count). The number of piperazine rings is 1. The molecule has 2 aliphatic heterocycles. The lowest BCUT2D eigenvalue weighted by Crippen LogP contribution is -2.54. The average molecular weight is 380 g/mol. The highest BCUT2D eigenvalue weighted by Crippen LogP contribution is 2.38. The Bertz CT molecular complexity index is 853.